The zero-order chi connectivity index (χ0) is 20.8. The predicted octanol–water partition coefficient (Wildman–Crippen LogP) is 4.58. The lowest BCUT2D eigenvalue weighted by Crippen LogP contribution is -2.12. The number of nitriles is 1. The van der Waals surface area contributed by atoms with Crippen LogP contribution in [0.1, 0.15) is 21.5 Å². The molecule has 0 aliphatic rings. The minimum Gasteiger partial charge on any atom is -0.489 e. The fourth-order valence-electron chi connectivity index (χ4n) is 2.95. The van der Waals surface area contributed by atoms with Gasteiger partial charge in [-0.05, 0) is 36.4 Å². The third-order valence-electron chi connectivity index (χ3n) is 4.48. The molecule has 4 rings (SSSR count). The largest absolute Gasteiger partial charge is 0.489 e. The summed E-state index contributed by atoms with van der Waals surface area (Å²) in [6.07, 6.45) is 1.79. The molecule has 3 aromatic carbocycles. The van der Waals surface area contributed by atoms with E-state index in [0.717, 1.165) is 11.3 Å². The van der Waals surface area contributed by atoms with E-state index in [1.54, 1.807) is 47.3 Å². The van der Waals surface area contributed by atoms with E-state index in [9.17, 15) is 10.1 Å². The van der Waals surface area contributed by atoms with Crippen molar-refractivity contribution in [2.75, 3.05) is 5.32 Å². The molecular weight excluding hydrogens is 376 g/mol. The Hall–Kier alpha value is -4.37. The third kappa shape index (κ3) is 4.37. The number of rotatable bonds is 6. The second-order valence-electron chi connectivity index (χ2n) is 6.52. The number of hydrogen-bond donors (Lipinski definition) is 1. The van der Waals surface area contributed by atoms with Crippen LogP contribution >= 0.6 is 0 Å². The highest BCUT2D eigenvalue weighted by molar-refractivity contribution is 6.04. The average molecular weight is 394 g/mol. The van der Waals surface area contributed by atoms with Gasteiger partial charge < -0.3 is 10.1 Å². The first-order chi connectivity index (χ1) is 14.7. The van der Waals surface area contributed by atoms with Crippen LogP contribution in [0, 0.1) is 11.3 Å². The minimum atomic E-state index is -0.281. The number of para-hydroxylation sites is 1. The van der Waals surface area contributed by atoms with Crippen molar-refractivity contribution < 1.29 is 9.53 Å². The van der Waals surface area contributed by atoms with Crippen molar-refractivity contribution in [3.8, 4) is 17.5 Å². The van der Waals surface area contributed by atoms with Gasteiger partial charge in [0.2, 0.25) is 0 Å². The summed E-state index contributed by atoms with van der Waals surface area (Å²) >= 11 is 0. The number of amides is 1. The smallest absolute Gasteiger partial charge is 0.256 e. The molecule has 6 heteroatoms. The van der Waals surface area contributed by atoms with Crippen molar-refractivity contribution in [3.63, 3.8) is 0 Å². The number of nitrogens with one attached hydrogen (secondary N) is 1. The molecule has 146 valence electrons. The lowest BCUT2D eigenvalue weighted by atomic mass is 10.1. The van der Waals surface area contributed by atoms with E-state index in [-0.39, 0.29) is 12.5 Å². The van der Waals surface area contributed by atoms with Gasteiger partial charge in [-0.25, -0.2) is 4.68 Å². The molecular formula is C24H18N4O2. The standard InChI is InChI=1S/C24H18N4O2/c25-16-19-7-4-5-8-20(19)17-30-22-12-6-9-18(15-22)24(29)26-23-13-14-28(27-23)21-10-2-1-3-11-21/h1-15H,17H2,(H,26,27,29). The highest BCUT2D eigenvalue weighted by atomic mass is 16.5. The van der Waals surface area contributed by atoms with E-state index in [1.807, 2.05) is 48.5 Å². The van der Waals surface area contributed by atoms with Gasteiger partial charge in [0, 0.05) is 23.4 Å². The Morgan fingerprint density at radius 2 is 1.80 bits per heavy atom. The first-order valence-corrected chi connectivity index (χ1v) is 9.36. The molecule has 0 aliphatic heterocycles. The summed E-state index contributed by atoms with van der Waals surface area (Å²) in [5, 5.41) is 16.4. The number of carbonyl (C=O) groups is 1. The number of benzene rings is 3. The zero-order valence-electron chi connectivity index (χ0n) is 16.0. The van der Waals surface area contributed by atoms with Gasteiger partial charge in [-0.2, -0.15) is 10.4 Å². The van der Waals surface area contributed by atoms with Crippen molar-refractivity contribution in [1.29, 1.82) is 5.26 Å². The summed E-state index contributed by atoms with van der Waals surface area (Å²) in [4.78, 5) is 12.6. The molecule has 6 nitrogen and oxygen atoms in total. The molecule has 0 radical (unpaired) electrons. The lowest BCUT2D eigenvalue weighted by molar-refractivity contribution is 0.102. The molecule has 4 aromatic rings. The summed E-state index contributed by atoms with van der Waals surface area (Å²) in [6, 6.07) is 27.7. The fourth-order valence-corrected chi connectivity index (χ4v) is 2.95. The highest BCUT2D eigenvalue weighted by Crippen LogP contribution is 2.18. The summed E-state index contributed by atoms with van der Waals surface area (Å²) < 4.78 is 7.48. The molecule has 1 aromatic heterocycles. The Morgan fingerprint density at radius 1 is 1.00 bits per heavy atom. The lowest BCUT2D eigenvalue weighted by Gasteiger charge is -2.09. The maximum Gasteiger partial charge on any atom is 0.256 e. The van der Waals surface area contributed by atoms with Crippen LogP contribution < -0.4 is 10.1 Å². The van der Waals surface area contributed by atoms with E-state index >= 15 is 0 Å². The average Bonchev–Trinajstić information content (AvgIpc) is 3.27. The molecule has 0 unspecified atom stereocenters. The number of ether oxygens (including phenoxy) is 1. The molecule has 1 N–H and O–H groups in total. The van der Waals surface area contributed by atoms with Crippen molar-refractivity contribution >= 4 is 11.7 Å². The van der Waals surface area contributed by atoms with Gasteiger partial charge in [-0.1, -0.05) is 42.5 Å². The number of nitrogens with zero attached hydrogens (tertiary/aromatic N) is 3. The molecule has 1 amide bonds. The van der Waals surface area contributed by atoms with Gasteiger partial charge >= 0.3 is 0 Å². The van der Waals surface area contributed by atoms with Crippen LogP contribution in [0.5, 0.6) is 5.75 Å². The first kappa shape index (κ1) is 19.0. The van der Waals surface area contributed by atoms with Crippen LogP contribution in [0.25, 0.3) is 5.69 Å². The van der Waals surface area contributed by atoms with Crippen LogP contribution in [-0.4, -0.2) is 15.7 Å². The Morgan fingerprint density at radius 3 is 2.63 bits per heavy atom. The molecule has 0 fully saturated rings. The number of carbonyl (C=O) groups excluding carboxylic acids is 1. The molecule has 0 bridgehead atoms. The molecule has 0 saturated heterocycles. The minimum absolute atomic E-state index is 0.246. The summed E-state index contributed by atoms with van der Waals surface area (Å²) in [7, 11) is 0. The van der Waals surface area contributed by atoms with Crippen molar-refractivity contribution in [1.82, 2.24) is 9.78 Å². The zero-order valence-corrected chi connectivity index (χ0v) is 16.0. The maximum absolute atomic E-state index is 12.6. The fraction of sp³-hybridized carbons (Fsp3) is 0.0417. The first-order valence-electron chi connectivity index (χ1n) is 9.36. The molecule has 1 heterocycles. The van der Waals surface area contributed by atoms with Crippen LogP contribution in [0.4, 0.5) is 5.82 Å². The Bertz CT molecular complexity index is 1210. The van der Waals surface area contributed by atoms with Crippen LogP contribution in [-0.2, 0) is 6.61 Å². The van der Waals surface area contributed by atoms with Crippen LogP contribution in [0.2, 0.25) is 0 Å². The molecule has 30 heavy (non-hydrogen) atoms. The van der Waals surface area contributed by atoms with Gasteiger partial charge in [0.25, 0.3) is 5.91 Å². The quantitative estimate of drug-likeness (QED) is 0.519. The van der Waals surface area contributed by atoms with E-state index in [0.29, 0.717) is 22.7 Å². The Labute approximate surface area is 174 Å². The molecule has 0 aliphatic carbocycles. The van der Waals surface area contributed by atoms with E-state index in [2.05, 4.69) is 16.5 Å². The Balaban J connectivity index is 1.43. The van der Waals surface area contributed by atoms with Crippen molar-refractivity contribution in [3.05, 3.63) is 108 Å². The number of hydrogen-bond acceptors (Lipinski definition) is 4. The van der Waals surface area contributed by atoms with Gasteiger partial charge in [-0.15, -0.1) is 0 Å². The van der Waals surface area contributed by atoms with Crippen LogP contribution in [0.3, 0.4) is 0 Å². The Kier molecular flexibility index (Phi) is 5.54. The second kappa shape index (κ2) is 8.76. The van der Waals surface area contributed by atoms with Crippen LogP contribution in [0.15, 0.2) is 91.1 Å². The monoisotopic (exact) mass is 394 g/mol. The molecule has 0 saturated carbocycles. The number of anilines is 1. The molecule has 0 spiro atoms. The predicted molar refractivity (Wildman–Crippen MR) is 113 cm³/mol. The summed E-state index contributed by atoms with van der Waals surface area (Å²) in [6.45, 7) is 0.246. The summed E-state index contributed by atoms with van der Waals surface area (Å²) in [5.41, 5.74) is 2.73. The van der Waals surface area contributed by atoms with Gasteiger partial charge in [0.15, 0.2) is 5.82 Å². The maximum atomic E-state index is 12.6. The van der Waals surface area contributed by atoms with Crippen molar-refractivity contribution in [2.45, 2.75) is 6.61 Å². The van der Waals surface area contributed by atoms with Gasteiger partial charge in [0.05, 0.1) is 17.3 Å². The van der Waals surface area contributed by atoms with E-state index in [4.69, 9.17) is 4.74 Å². The normalized spacial score (nSPS) is 10.2. The highest BCUT2D eigenvalue weighted by Gasteiger charge is 2.10. The molecule has 0 atom stereocenters. The van der Waals surface area contributed by atoms with Gasteiger partial charge in [0.1, 0.15) is 12.4 Å². The SMILES string of the molecule is N#Cc1ccccc1COc1cccc(C(=O)Nc2ccn(-c3ccccc3)n2)c1. The van der Waals surface area contributed by atoms with E-state index < -0.39 is 0 Å². The topological polar surface area (TPSA) is 79.9 Å². The van der Waals surface area contributed by atoms with Crippen molar-refractivity contribution in [2.24, 2.45) is 0 Å². The second-order valence-corrected chi connectivity index (χ2v) is 6.52. The number of aromatic nitrogens is 2. The summed E-state index contributed by atoms with van der Waals surface area (Å²) in [5.74, 6) is 0.722. The van der Waals surface area contributed by atoms with E-state index in [1.165, 1.54) is 0 Å². The third-order valence-corrected chi connectivity index (χ3v) is 4.48. The van der Waals surface area contributed by atoms with Gasteiger partial charge in [-0.3, -0.25) is 4.79 Å².